The monoisotopic (exact) mass is 208 g/mol. The van der Waals surface area contributed by atoms with Crippen molar-refractivity contribution in [2.45, 2.75) is 52.0 Å². The van der Waals surface area contributed by atoms with Gasteiger partial charge in [-0.15, -0.1) is 0 Å². The van der Waals surface area contributed by atoms with E-state index in [4.69, 9.17) is 10.5 Å². The molecule has 1 aliphatic heterocycles. The summed E-state index contributed by atoms with van der Waals surface area (Å²) in [7, 11) is 0. The van der Waals surface area contributed by atoms with Crippen molar-refractivity contribution < 1.29 is 4.74 Å². The molecule has 2 N–H and O–H groups in total. The van der Waals surface area contributed by atoms with Gasteiger partial charge in [0.25, 0.3) is 6.02 Å². The largest absolute Gasteiger partial charge is 0.431 e. The second kappa shape index (κ2) is 3.54. The Kier molecular flexibility index (Phi) is 2.49. The van der Waals surface area contributed by atoms with Crippen LogP contribution in [0.25, 0.3) is 0 Å². The van der Waals surface area contributed by atoms with Crippen LogP contribution in [0.2, 0.25) is 0 Å². The lowest BCUT2D eigenvalue weighted by Gasteiger charge is -2.39. The number of allylic oxidation sites excluding steroid dienone is 1. The van der Waals surface area contributed by atoms with E-state index in [-0.39, 0.29) is 5.54 Å². The van der Waals surface area contributed by atoms with Crippen LogP contribution in [0, 0.1) is 5.92 Å². The molecule has 1 atom stereocenters. The van der Waals surface area contributed by atoms with Crippen LogP contribution in [0.1, 0.15) is 46.5 Å². The van der Waals surface area contributed by atoms with Gasteiger partial charge in [0.15, 0.2) is 0 Å². The Morgan fingerprint density at radius 2 is 2.00 bits per heavy atom. The number of ether oxygens (including phenoxy) is 1. The van der Waals surface area contributed by atoms with Gasteiger partial charge in [0.05, 0.1) is 5.54 Å². The van der Waals surface area contributed by atoms with Crippen molar-refractivity contribution in [3.63, 3.8) is 0 Å². The zero-order chi connectivity index (χ0) is 11.1. The van der Waals surface area contributed by atoms with Crippen molar-refractivity contribution >= 4 is 6.02 Å². The second-order valence-corrected chi connectivity index (χ2v) is 4.96. The van der Waals surface area contributed by atoms with Crippen molar-refractivity contribution in [3.05, 3.63) is 11.3 Å². The molecule has 0 amide bonds. The predicted octanol–water partition coefficient (Wildman–Crippen LogP) is 2.57. The molecule has 0 aromatic rings. The summed E-state index contributed by atoms with van der Waals surface area (Å²) in [4.78, 5) is 4.51. The fourth-order valence-corrected chi connectivity index (χ4v) is 2.45. The predicted molar refractivity (Wildman–Crippen MR) is 61.4 cm³/mol. The van der Waals surface area contributed by atoms with Crippen molar-refractivity contribution in [3.8, 4) is 0 Å². The lowest BCUT2D eigenvalue weighted by molar-refractivity contribution is 0.274. The Balaban J connectivity index is 2.42. The fraction of sp³-hybridized carbons (Fsp3) is 0.750. The Labute approximate surface area is 91.4 Å². The van der Waals surface area contributed by atoms with Gasteiger partial charge in [-0.25, -0.2) is 4.99 Å². The molecule has 0 bridgehead atoms. The summed E-state index contributed by atoms with van der Waals surface area (Å²) in [6.07, 6.45) is 4.59. The standard InChI is InChI=1S/C12H20N2O/c1-8(2)12(3)9-6-4-5-7-10(9)15-11(13)14-12/h8H,4-7H2,1-3H3,(H2,13,14). The van der Waals surface area contributed by atoms with E-state index >= 15 is 0 Å². The first kappa shape index (κ1) is 10.5. The van der Waals surface area contributed by atoms with E-state index in [1.54, 1.807) is 0 Å². The molecule has 0 spiro atoms. The van der Waals surface area contributed by atoms with Crippen LogP contribution in [0.15, 0.2) is 16.3 Å². The maximum atomic E-state index is 5.75. The first-order chi connectivity index (χ1) is 7.04. The molecule has 3 heteroatoms. The van der Waals surface area contributed by atoms with E-state index in [2.05, 4.69) is 25.8 Å². The zero-order valence-electron chi connectivity index (χ0n) is 9.84. The zero-order valence-corrected chi connectivity index (χ0v) is 9.84. The molecule has 0 saturated carbocycles. The van der Waals surface area contributed by atoms with Crippen molar-refractivity contribution in [2.75, 3.05) is 0 Å². The molecule has 3 nitrogen and oxygen atoms in total. The molecule has 0 radical (unpaired) electrons. The number of nitrogens with two attached hydrogens (primary N) is 1. The molecule has 15 heavy (non-hydrogen) atoms. The maximum absolute atomic E-state index is 5.75. The van der Waals surface area contributed by atoms with Gasteiger partial charge in [-0.05, 0) is 37.7 Å². The van der Waals surface area contributed by atoms with E-state index in [0.29, 0.717) is 11.9 Å². The van der Waals surface area contributed by atoms with Gasteiger partial charge < -0.3 is 10.5 Å². The van der Waals surface area contributed by atoms with Gasteiger partial charge in [-0.2, -0.15) is 0 Å². The van der Waals surface area contributed by atoms with Crippen LogP contribution in [-0.4, -0.2) is 11.6 Å². The minimum atomic E-state index is -0.141. The number of hydrogen-bond donors (Lipinski definition) is 1. The molecule has 84 valence electrons. The van der Waals surface area contributed by atoms with Gasteiger partial charge in [-0.1, -0.05) is 13.8 Å². The Bertz CT molecular complexity index is 331. The fourth-order valence-electron chi connectivity index (χ4n) is 2.45. The summed E-state index contributed by atoms with van der Waals surface area (Å²) in [5.74, 6) is 1.55. The maximum Gasteiger partial charge on any atom is 0.288 e. The highest BCUT2D eigenvalue weighted by atomic mass is 16.5. The van der Waals surface area contributed by atoms with Crippen LogP contribution < -0.4 is 5.73 Å². The van der Waals surface area contributed by atoms with Gasteiger partial charge >= 0.3 is 0 Å². The third-order valence-electron chi connectivity index (χ3n) is 3.72. The van der Waals surface area contributed by atoms with Crippen molar-refractivity contribution in [2.24, 2.45) is 16.6 Å². The SMILES string of the molecule is CC(C)C1(C)N=C(N)OC2=C1CCCC2. The molecule has 1 heterocycles. The minimum Gasteiger partial charge on any atom is -0.431 e. The number of nitrogens with zero attached hydrogens (tertiary/aromatic N) is 1. The highest BCUT2D eigenvalue weighted by Crippen LogP contribution is 2.41. The summed E-state index contributed by atoms with van der Waals surface area (Å²) in [6, 6.07) is 0.340. The smallest absolute Gasteiger partial charge is 0.288 e. The number of rotatable bonds is 1. The molecular weight excluding hydrogens is 188 g/mol. The average molecular weight is 208 g/mol. The highest BCUT2D eigenvalue weighted by Gasteiger charge is 2.39. The van der Waals surface area contributed by atoms with Crippen LogP contribution in [0.5, 0.6) is 0 Å². The molecule has 0 aromatic heterocycles. The van der Waals surface area contributed by atoms with E-state index in [0.717, 1.165) is 18.6 Å². The summed E-state index contributed by atoms with van der Waals surface area (Å²) in [5.41, 5.74) is 6.98. The van der Waals surface area contributed by atoms with Gasteiger partial charge in [0, 0.05) is 6.42 Å². The minimum absolute atomic E-state index is 0.141. The summed E-state index contributed by atoms with van der Waals surface area (Å²) >= 11 is 0. The van der Waals surface area contributed by atoms with Crippen LogP contribution in [0.4, 0.5) is 0 Å². The molecule has 0 fully saturated rings. The third kappa shape index (κ3) is 1.64. The molecule has 1 unspecified atom stereocenters. The summed E-state index contributed by atoms with van der Waals surface area (Å²) in [6.45, 7) is 6.57. The summed E-state index contributed by atoms with van der Waals surface area (Å²) in [5, 5.41) is 0. The van der Waals surface area contributed by atoms with Gasteiger partial charge in [0.2, 0.25) is 0 Å². The number of aliphatic imine (C=N–C) groups is 1. The topological polar surface area (TPSA) is 47.6 Å². The molecule has 1 aliphatic carbocycles. The molecule has 2 rings (SSSR count). The lowest BCUT2D eigenvalue weighted by Crippen LogP contribution is -2.40. The van der Waals surface area contributed by atoms with Gasteiger partial charge in [0.1, 0.15) is 5.76 Å². The first-order valence-electron chi connectivity index (χ1n) is 5.79. The second-order valence-electron chi connectivity index (χ2n) is 4.96. The van der Waals surface area contributed by atoms with Crippen molar-refractivity contribution in [1.82, 2.24) is 0 Å². The van der Waals surface area contributed by atoms with Crippen LogP contribution in [0.3, 0.4) is 0 Å². The van der Waals surface area contributed by atoms with Crippen LogP contribution in [-0.2, 0) is 4.74 Å². The molecule has 2 aliphatic rings. The first-order valence-corrected chi connectivity index (χ1v) is 5.79. The highest BCUT2D eigenvalue weighted by molar-refractivity contribution is 5.75. The quantitative estimate of drug-likeness (QED) is 0.720. The molecular formula is C12H20N2O. The Morgan fingerprint density at radius 3 is 2.67 bits per heavy atom. The van der Waals surface area contributed by atoms with E-state index in [1.165, 1.54) is 18.4 Å². The molecule has 0 aromatic carbocycles. The van der Waals surface area contributed by atoms with E-state index in [1.807, 2.05) is 0 Å². The van der Waals surface area contributed by atoms with Crippen LogP contribution >= 0.6 is 0 Å². The third-order valence-corrected chi connectivity index (χ3v) is 3.72. The average Bonchev–Trinajstić information content (AvgIpc) is 2.17. The van der Waals surface area contributed by atoms with E-state index in [9.17, 15) is 0 Å². The molecule has 0 saturated heterocycles. The van der Waals surface area contributed by atoms with Crippen molar-refractivity contribution in [1.29, 1.82) is 0 Å². The number of hydrogen-bond acceptors (Lipinski definition) is 3. The lowest BCUT2D eigenvalue weighted by atomic mass is 9.76. The Morgan fingerprint density at radius 1 is 1.33 bits per heavy atom. The van der Waals surface area contributed by atoms with E-state index < -0.39 is 0 Å². The normalized spacial score (nSPS) is 31.1. The number of amidine groups is 1. The summed E-state index contributed by atoms with van der Waals surface area (Å²) < 4.78 is 5.54. The van der Waals surface area contributed by atoms with Gasteiger partial charge in [-0.3, -0.25) is 0 Å². The Hall–Kier alpha value is -0.990.